The molecular weight excluding hydrogens is 382 g/mol. The molecule has 1 aliphatic heterocycles. The summed E-state index contributed by atoms with van der Waals surface area (Å²) in [5.41, 5.74) is 0.882. The van der Waals surface area contributed by atoms with Crippen LogP contribution in [0.4, 0.5) is 0 Å². The van der Waals surface area contributed by atoms with E-state index in [2.05, 4.69) is 11.8 Å². The van der Waals surface area contributed by atoms with Gasteiger partial charge in [-0.2, -0.15) is 0 Å². The zero-order valence-corrected chi connectivity index (χ0v) is 18.7. The molecule has 0 N–H and O–H groups in total. The molecule has 1 aromatic carbocycles. The van der Waals surface area contributed by atoms with E-state index in [-0.39, 0.29) is 11.8 Å². The molecule has 1 heterocycles. The first-order valence-corrected chi connectivity index (χ1v) is 10.8. The molecule has 1 aromatic rings. The van der Waals surface area contributed by atoms with Crippen molar-refractivity contribution >= 4 is 17.9 Å². The molecule has 7 heteroatoms. The van der Waals surface area contributed by atoms with E-state index in [0.717, 1.165) is 25.1 Å². The third kappa shape index (κ3) is 6.76. The Morgan fingerprint density at radius 3 is 2.37 bits per heavy atom. The van der Waals surface area contributed by atoms with Gasteiger partial charge in [-0.1, -0.05) is 13.0 Å². The maximum Gasteiger partial charge on any atom is 0.246 e. The summed E-state index contributed by atoms with van der Waals surface area (Å²) in [7, 11) is 1.61. The highest BCUT2D eigenvalue weighted by molar-refractivity contribution is 5.92. The van der Waals surface area contributed by atoms with Gasteiger partial charge < -0.3 is 19.3 Å². The summed E-state index contributed by atoms with van der Waals surface area (Å²) < 4.78 is 11.1. The minimum absolute atomic E-state index is 0.0185. The minimum atomic E-state index is -0.0185. The van der Waals surface area contributed by atoms with E-state index >= 15 is 0 Å². The van der Waals surface area contributed by atoms with E-state index < -0.39 is 0 Å². The van der Waals surface area contributed by atoms with Gasteiger partial charge in [0.2, 0.25) is 11.8 Å². The van der Waals surface area contributed by atoms with Gasteiger partial charge in [-0.15, -0.1) is 0 Å². The van der Waals surface area contributed by atoms with E-state index in [1.807, 2.05) is 41.8 Å². The van der Waals surface area contributed by atoms with Gasteiger partial charge in [0.25, 0.3) is 0 Å². The number of piperazine rings is 1. The van der Waals surface area contributed by atoms with Crippen LogP contribution in [-0.4, -0.2) is 86.0 Å². The van der Waals surface area contributed by atoms with Crippen molar-refractivity contribution < 1.29 is 19.1 Å². The van der Waals surface area contributed by atoms with Crippen LogP contribution in [-0.2, 0) is 9.59 Å². The van der Waals surface area contributed by atoms with Crippen molar-refractivity contribution in [1.29, 1.82) is 0 Å². The number of rotatable bonds is 10. The largest absolute Gasteiger partial charge is 0.493 e. The number of benzene rings is 1. The van der Waals surface area contributed by atoms with E-state index in [9.17, 15) is 9.59 Å². The van der Waals surface area contributed by atoms with E-state index in [1.54, 1.807) is 19.3 Å². The molecule has 0 radical (unpaired) electrons. The molecule has 0 bridgehead atoms. The van der Waals surface area contributed by atoms with Crippen molar-refractivity contribution in [3.63, 3.8) is 0 Å². The number of amides is 2. The van der Waals surface area contributed by atoms with Gasteiger partial charge in [0.1, 0.15) is 0 Å². The highest BCUT2D eigenvalue weighted by atomic mass is 16.5. The lowest BCUT2D eigenvalue weighted by atomic mass is 10.2. The first kappa shape index (κ1) is 23.7. The second-order valence-corrected chi connectivity index (χ2v) is 7.26. The topological polar surface area (TPSA) is 62.3 Å². The Labute approximate surface area is 180 Å². The third-order valence-electron chi connectivity index (χ3n) is 5.23. The summed E-state index contributed by atoms with van der Waals surface area (Å²) >= 11 is 0. The van der Waals surface area contributed by atoms with Crippen molar-refractivity contribution in [2.24, 2.45) is 0 Å². The van der Waals surface area contributed by atoms with E-state index in [1.165, 1.54) is 0 Å². The molecule has 0 atom stereocenters. The zero-order chi connectivity index (χ0) is 21.9. The van der Waals surface area contributed by atoms with Gasteiger partial charge in [0.05, 0.1) is 20.3 Å². The second-order valence-electron chi connectivity index (χ2n) is 7.26. The van der Waals surface area contributed by atoms with Gasteiger partial charge in [-0.3, -0.25) is 14.5 Å². The number of ether oxygens (including phenoxy) is 2. The standard InChI is InChI=1S/C23H35N3O4/c1-5-16-30-20-10-8-19(17-21(20)29-4)9-11-22(27)26-14-12-24(13-15-26)18-23(28)25(6-2)7-3/h8-11,17H,5-7,12-16,18H2,1-4H3/b11-9+. The van der Waals surface area contributed by atoms with E-state index in [4.69, 9.17) is 9.47 Å². The van der Waals surface area contributed by atoms with Crippen molar-refractivity contribution in [2.45, 2.75) is 27.2 Å². The molecule has 0 aliphatic carbocycles. The number of carbonyl (C=O) groups is 2. The van der Waals surface area contributed by atoms with Crippen LogP contribution in [0.3, 0.4) is 0 Å². The van der Waals surface area contributed by atoms with Crippen LogP contribution in [0, 0.1) is 0 Å². The fraction of sp³-hybridized carbons (Fsp3) is 0.565. The second kappa shape index (κ2) is 12.2. The zero-order valence-electron chi connectivity index (χ0n) is 18.7. The van der Waals surface area contributed by atoms with Crippen LogP contribution < -0.4 is 9.47 Å². The van der Waals surface area contributed by atoms with Crippen molar-refractivity contribution in [2.75, 3.05) is 59.5 Å². The van der Waals surface area contributed by atoms with Gasteiger partial charge in [-0.05, 0) is 44.0 Å². The first-order chi connectivity index (χ1) is 14.5. The smallest absolute Gasteiger partial charge is 0.246 e. The number of hydrogen-bond acceptors (Lipinski definition) is 5. The van der Waals surface area contributed by atoms with Crippen LogP contribution in [0.2, 0.25) is 0 Å². The number of nitrogens with zero attached hydrogens (tertiary/aromatic N) is 3. The summed E-state index contributed by atoms with van der Waals surface area (Å²) in [6.45, 7) is 11.2. The predicted molar refractivity (Wildman–Crippen MR) is 119 cm³/mol. The third-order valence-corrected chi connectivity index (χ3v) is 5.23. The quantitative estimate of drug-likeness (QED) is 0.548. The summed E-state index contributed by atoms with van der Waals surface area (Å²) in [4.78, 5) is 30.6. The Balaban J connectivity index is 1.87. The molecule has 30 heavy (non-hydrogen) atoms. The maximum absolute atomic E-state index is 12.6. The van der Waals surface area contributed by atoms with Gasteiger partial charge in [-0.25, -0.2) is 0 Å². The lowest BCUT2D eigenvalue weighted by Gasteiger charge is -2.34. The Morgan fingerprint density at radius 2 is 1.77 bits per heavy atom. The van der Waals surface area contributed by atoms with E-state index in [0.29, 0.717) is 50.8 Å². The van der Waals surface area contributed by atoms with Gasteiger partial charge in [0, 0.05) is 45.3 Å². The Morgan fingerprint density at radius 1 is 1.07 bits per heavy atom. The van der Waals surface area contributed by atoms with Crippen molar-refractivity contribution in [3.8, 4) is 11.5 Å². The number of carbonyl (C=O) groups excluding carboxylic acids is 2. The fourth-order valence-corrected chi connectivity index (χ4v) is 3.39. The molecule has 2 rings (SSSR count). The van der Waals surface area contributed by atoms with Gasteiger partial charge in [0.15, 0.2) is 11.5 Å². The predicted octanol–water partition coefficient (Wildman–Crippen LogP) is 2.51. The molecule has 1 saturated heterocycles. The maximum atomic E-state index is 12.6. The molecular formula is C23H35N3O4. The van der Waals surface area contributed by atoms with Crippen LogP contribution >= 0.6 is 0 Å². The molecule has 1 aliphatic rings. The van der Waals surface area contributed by atoms with Crippen molar-refractivity contribution in [3.05, 3.63) is 29.8 Å². The van der Waals surface area contributed by atoms with Crippen molar-refractivity contribution in [1.82, 2.24) is 14.7 Å². The highest BCUT2D eigenvalue weighted by Crippen LogP contribution is 2.28. The number of methoxy groups -OCH3 is 1. The molecule has 0 unspecified atom stereocenters. The van der Waals surface area contributed by atoms with Crippen LogP contribution in [0.15, 0.2) is 24.3 Å². The minimum Gasteiger partial charge on any atom is -0.493 e. The summed E-state index contributed by atoms with van der Waals surface area (Å²) in [6, 6.07) is 5.64. The summed E-state index contributed by atoms with van der Waals surface area (Å²) in [5, 5.41) is 0. The fourth-order valence-electron chi connectivity index (χ4n) is 3.39. The normalized spacial score (nSPS) is 14.7. The molecule has 0 aromatic heterocycles. The summed E-state index contributed by atoms with van der Waals surface area (Å²) in [6.07, 6.45) is 4.32. The lowest BCUT2D eigenvalue weighted by molar-refractivity contribution is -0.133. The lowest BCUT2D eigenvalue weighted by Crippen LogP contribution is -2.51. The molecule has 166 valence electrons. The molecule has 0 spiro atoms. The number of likely N-dealkylation sites (N-methyl/N-ethyl adjacent to an activating group) is 1. The average molecular weight is 418 g/mol. The van der Waals surface area contributed by atoms with Crippen LogP contribution in [0.1, 0.15) is 32.8 Å². The van der Waals surface area contributed by atoms with Crippen LogP contribution in [0.25, 0.3) is 6.08 Å². The molecule has 7 nitrogen and oxygen atoms in total. The van der Waals surface area contributed by atoms with Crippen LogP contribution in [0.5, 0.6) is 11.5 Å². The van der Waals surface area contributed by atoms with Gasteiger partial charge >= 0.3 is 0 Å². The average Bonchev–Trinajstić information content (AvgIpc) is 2.77. The number of hydrogen-bond donors (Lipinski definition) is 0. The Kier molecular flexibility index (Phi) is 9.67. The SMILES string of the molecule is CCCOc1ccc(/C=C/C(=O)N2CCN(CC(=O)N(CC)CC)CC2)cc1OC. The summed E-state index contributed by atoms with van der Waals surface area (Å²) in [5.74, 6) is 1.50. The first-order valence-electron chi connectivity index (χ1n) is 10.8. The molecule has 1 fully saturated rings. The highest BCUT2D eigenvalue weighted by Gasteiger charge is 2.22. The monoisotopic (exact) mass is 417 g/mol. The molecule has 0 saturated carbocycles. The molecule has 2 amide bonds. The Hall–Kier alpha value is -2.54. The Bertz CT molecular complexity index is 723.